The van der Waals surface area contributed by atoms with E-state index in [4.69, 9.17) is 0 Å². The fourth-order valence-corrected chi connectivity index (χ4v) is 11.7. The average molecular weight is 828 g/mol. The molecule has 0 unspecified atom stereocenters. The van der Waals surface area contributed by atoms with Crippen molar-refractivity contribution in [1.29, 1.82) is 0 Å². The highest BCUT2D eigenvalue weighted by Gasteiger charge is 2.46. The summed E-state index contributed by atoms with van der Waals surface area (Å²) < 4.78 is 0. The van der Waals surface area contributed by atoms with Crippen molar-refractivity contribution in [2.45, 2.75) is 24.7 Å². The van der Waals surface area contributed by atoms with Crippen LogP contribution in [-0.4, -0.2) is 0 Å². The molecule has 1 nitrogen and oxygen atoms in total. The SMILES string of the molecule is CC1(C)c2ccccc2-c2ccc(N(c3ccc(-c4ccc5c(c4)C(c4ccccc4)(c4ccccc4)c4ccccc4-5)cc3)c3ccc4c5ccccc5c5ccccc5c4c3)cc21. The van der Waals surface area contributed by atoms with Crippen LogP contribution in [0, 0.1) is 0 Å². The minimum Gasteiger partial charge on any atom is -0.310 e. The summed E-state index contributed by atoms with van der Waals surface area (Å²) in [6, 6.07) is 88.3. The molecule has 1 heteroatoms. The molecule has 0 amide bonds. The molecule has 2 aliphatic carbocycles. The zero-order chi connectivity index (χ0) is 43.3. The molecule has 0 bridgehead atoms. The van der Waals surface area contributed by atoms with Gasteiger partial charge in [0.15, 0.2) is 0 Å². The van der Waals surface area contributed by atoms with Gasteiger partial charge in [-0.15, -0.1) is 0 Å². The topological polar surface area (TPSA) is 3.24 Å². The van der Waals surface area contributed by atoms with E-state index in [9.17, 15) is 0 Å². The molecule has 0 spiro atoms. The van der Waals surface area contributed by atoms with E-state index in [1.807, 2.05) is 0 Å². The number of hydrogen-bond donors (Lipinski definition) is 0. The summed E-state index contributed by atoms with van der Waals surface area (Å²) in [5.74, 6) is 0. The predicted octanol–water partition coefficient (Wildman–Crippen LogP) is 17.0. The number of benzene rings is 11. The number of hydrogen-bond acceptors (Lipinski definition) is 1. The maximum absolute atomic E-state index is 2.46. The first-order valence-electron chi connectivity index (χ1n) is 22.8. The second-order valence-corrected chi connectivity index (χ2v) is 18.4. The van der Waals surface area contributed by atoms with E-state index in [0.29, 0.717) is 0 Å². The van der Waals surface area contributed by atoms with E-state index in [1.165, 1.54) is 99.1 Å². The van der Waals surface area contributed by atoms with Gasteiger partial charge in [-0.2, -0.15) is 0 Å². The second-order valence-electron chi connectivity index (χ2n) is 18.4. The van der Waals surface area contributed by atoms with Crippen molar-refractivity contribution in [3.63, 3.8) is 0 Å². The lowest BCUT2D eigenvalue weighted by atomic mass is 9.67. The quantitative estimate of drug-likeness (QED) is 0.151. The second kappa shape index (κ2) is 14.3. The van der Waals surface area contributed by atoms with E-state index in [2.05, 4.69) is 255 Å². The molecule has 0 fully saturated rings. The monoisotopic (exact) mass is 827 g/mol. The predicted molar refractivity (Wildman–Crippen MR) is 274 cm³/mol. The van der Waals surface area contributed by atoms with E-state index >= 15 is 0 Å². The van der Waals surface area contributed by atoms with Crippen LogP contribution in [0.5, 0.6) is 0 Å². The first-order chi connectivity index (χ1) is 32.0. The van der Waals surface area contributed by atoms with Crippen molar-refractivity contribution in [3.8, 4) is 33.4 Å². The molecule has 306 valence electrons. The number of anilines is 3. The third-order valence-electron chi connectivity index (χ3n) is 14.7. The molecule has 0 saturated heterocycles. The molecule has 11 aromatic rings. The van der Waals surface area contributed by atoms with Crippen LogP contribution in [0.1, 0.15) is 47.2 Å². The molecule has 0 radical (unpaired) electrons. The minimum absolute atomic E-state index is 0.127. The number of rotatable bonds is 6. The average Bonchev–Trinajstić information content (AvgIpc) is 3.80. The van der Waals surface area contributed by atoms with Crippen LogP contribution in [0.2, 0.25) is 0 Å². The first-order valence-corrected chi connectivity index (χ1v) is 22.8. The van der Waals surface area contributed by atoms with Gasteiger partial charge in [0.25, 0.3) is 0 Å². The van der Waals surface area contributed by atoms with Crippen molar-refractivity contribution >= 4 is 49.4 Å². The summed E-state index contributed by atoms with van der Waals surface area (Å²) in [6.45, 7) is 4.74. The highest BCUT2D eigenvalue weighted by molar-refractivity contribution is 6.25. The molecule has 0 saturated carbocycles. The molecule has 0 aromatic heterocycles. The van der Waals surface area contributed by atoms with Crippen LogP contribution < -0.4 is 4.90 Å². The maximum atomic E-state index is 2.46. The molecule has 65 heavy (non-hydrogen) atoms. The summed E-state index contributed by atoms with van der Waals surface area (Å²) in [4.78, 5) is 2.46. The largest absolute Gasteiger partial charge is 0.310 e. The first kappa shape index (κ1) is 37.5. The molecule has 0 heterocycles. The number of nitrogens with zero attached hydrogens (tertiary/aromatic N) is 1. The van der Waals surface area contributed by atoms with Gasteiger partial charge in [-0.05, 0) is 142 Å². The van der Waals surface area contributed by atoms with E-state index in [1.54, 1.807) is 0 Å². The normalized spacial score (nSPS) is 13.9. The zero-order valence-corrected chi connectivity index (χ0v) is 36.5. The van der Waals surface area contributed by atoms with Crippen molar-refractivity contribution in [2.24, 2.45) is 0 Å². The Morgan fingerprint density at radius 3 is 1.35 bits per heavy atom. The van der Waals surface area contributed by atoms with E-state index in [0.717, 1.165) is 17.1 Å². The molecule has 0 atom stereocenters. The van der Waals surface area contributed by atoms with Gasteiger partial charge in [-0.1, -0.05) is 208 Å². The van der Waals surface area contributed by atoms with Gasteiger partial charge in [0.1, 0.15) is 0 Å². The van der Waals surface area contributed by atoms with Crippen molar-refractivity contribution in [2.75, 3.05) is 4.90 Å². The van der Waals surface area contributed by atoms with Crippen molar-refractivity contribution in [3.05, 3.63) is 270 Å². The highest BCUT2D eigenvalue weighted by Crippen LogP contribution is 2.57. The number of fused-ring (bicyclic) bond motifs is 12. The Bertz CT molecular complexity index is 3600. The Morgan fingerprint density at radius 1 is 0.277 bits per heavy atom. The summed E-state index contributed by atoms with van der Waals surface area (Å²) in [5, 5.41) is 7.64. The minimum atomic E-state index is -0.451. The third kappa shape index (κ3) is 5.46. The van der Waals surface area contributed by atoms with Gasteiger partial charge in [-0.3, -0.25) is 0 Å². The van der Waals surface area contributed by atoms with Gasteiger partial charge >= 0.3 is 0 Å². The van der Waals surface area contributed by atoms with Crippen LogP contribution in [0.3, 0.4) is 0 Å². The maximum Gasteiger partial charge on any atom is 0.0713 e. The fourth-order valence-electron chi connectivity index (χ4n) is 11.7. The van der Waals surface area contributed by atoms with E-state index < -0.39 is 5.41 Å². The summed E-state index contributed by atoms with van der Waals surface area (Å²) in [6.07, 6.45) is 0. The van der Waals surface area contributed by atoms with Gasteiger partial charge < -0.3 is 4.90 Å². The lowest BCUT2D eigenvalue weighted by Gasteiger charge is -2.34. The fraction of sp³-hybridized carbons (Fsp3) is 0.0625. The Labute approximate surface area is 380 Å². The summed E-state index contributed by atoms with van der Waals surface area (Å²) >= 11 is 0. The Kier molecular flexibility index (Phi) is 8.24. The van der Waals surface area contributed by atoms with Crippen molar-refractivity contribution in [1.82, 2.24) is 0 Å². The Morgan fingerprint density at radius 2 is 0.708 bits per heavy atom. The molecule has 13 rings (SSSR count). The van der Waals surface area contributed by atoms with Crippen LogP contribution in [0.25, 0.3) is 65.7 Å². The smallest absolute Gasteiger partial charge is 0.0713 e. The Hall–Kier alpha value is -8.00. The lowest BCUT2D eigenvalue weighted by molar-refractivity contribution is 0.660. The summed E-state index contributed by atoms with van der Waals surface area (Å²) in [5.41, 5.74) is 18.4. The highest BCUT2D eigenvalue weighted by atomic mass is 15.1. The third-order valence-corrected chi connectivity index (χ3v) is 14.7. The summed E-state index contributed by atoms with van der Waals surface area (Å²) in [7, 11) is 0. The standard InChI is InChI=1S/C64H45N/c1-63(2)59-27-15-13-25-54(59)56-38-35-48(41-61(56)63)65(47-34-37-53-51-23-10-9-21-49(51)50-22-11-12-24-52(50)58(53)40-47)46-32-29-42(30-33-46)43-31-36-57-55-26-14-16-28-60(55)64(62(57)39-43,44-17-5-3-6-18-44)45-19-7-4-8-20-45/h3-41H,1-2H3. The van der Waals surface area contributed by atoms with Crippen LogP contribution in [-0.2, 0) is 10.8 Å². The van der Waals surface area contributed by atoms with Gasteiger partial charge in [-0.25, -0.2) is 0 Å². The molecular formula is C64H45N. The molecule has 0 N–H and O–H groups in total. The van der Waals surface area contributed by atoms with Crippen LogP contribution >= 0.6 is 0 Å². The molecule has 0 aliphatic heterocycles. The van der Waals surface area contributed by atoms with Crippen LogP contribution in [0.4, 0.5) is 17.1 Å². The molecule has 2 aliphatic rings. The van der Waals surface area contributed by atoms with Crippen LogP contribution in [0.15, 0.2) is 237 Å². The van der Waals surface area contributed by atoms with Crippen molar-refractivity contribution < 1.29 is 0 Å². The van der Waals surface area contributed by atoms with E-state index in [-0.39, 0.29) is 5.41 Å². The van der Waals surface area contributed by atoms with Gasteiger partial charge in [0.05, 0.1) is 5.41 Å². The lowest BCUT2D eigenvalue weighted by Crippen LogP contribution is -2.28. The van der Waals surface area contributed by atoms with Gasteiger partial charge in [0.2, 0.25) is 0 Å². The molecular weight excluding hydrogens is 783 g/mol. The zero-order valence-electron chi connectivity index (χ0n) is 36.5. The van der Waals surface area contributed by atoms with Gasteiger partial charge in [0, 0.05) is 22.5 Å². The Balaban J connectivity index is 0.984. The molecule has 11 aromatic carbocycles.